The molecule has 0 saturated carbocycles. The Morgan fingerprint density at radius 1 is 0.644 bits per heavy atom. The van der Waals surface area contributed by atoms with Gasteiger partial charge in [-0.25, -0.2) is 19.4 Å². The molecule has 13 heteroatoms. The van der Waals surface area contributed by atoms with Crippen LogP contribution in [0.1, 0.15) is 75.2 Å². The number of nitrogens with one attached hydrogen (secondary N) is 4. The molecule has 246 valence electrons. The molecule has 0 aliphatic heterocycles. The van der Waals surface area contributed by atoms with Crippen molar-refractivity contribution in [3.05, 3.63) is 48.5 Å². The van der Waals surface area contributed by atoms with E-state index in [0.717, 1.165) is 0 Å². The summed E-state index contributed by atoms with van der Waals surface area (Å²) in [7, 11) is 0. The van der Waals surface area contributed by atoms with Gasteiger partial charge in [0.15, 0.2) is 0 Å². The number of rotatable bonds is 8. The van der Waals surface area contributed by atoms with Gasteiger partial charge in [-0.15, -0.1) is 0 Å². The smallest absolute Gasteiger partial charge is 0.414 e. The number of hydrogen-bond donors (Lipinski definition) is 4. The zero-order valence-corrected chi connectivity index (χ0v) is 27.5. The van der Waals surface area contributed by atoms with Gasteiger partial charge in [0.1, 0.15) is 28.3 Å². The number of benzene rings is 2. The zero-order chi connectivity index (χ0) is 33.8. The van der Waals surface area contributed by atoms with E-state index in [1.165, 1.54) is 0 Å². The molecule has 0 aliphatic rings. The van der Waals surface area contributed by atoms with Gasteiger partial charge in [0.25, 0.3) is 0 Å². The predicted octanol–water partition coefficient (Wildman–Crippen LogP) is 6.76. The number of alkyl carbamates (subject to hydrolysis) is 3. The van der Waals surface area contributed by atoms with E-state index in [1.54, 1.807) is 111 Å². The van der Waals surface area contributed by atoms with Crippen molar-refractivity contribution >= 4 is 41.5 Å². The lowest BCUT2D eigenvalue weighted by molar-refractivity contribution is -0.116. The van der Waals surface area contributed by atoms with Crippen LogP contribution in [0.25, 0.3) is 0 Å². The van der Waals surface area contributed by atoms with Gasteiger partial charge in [-0.3, -0.25) is 15.4 Å². The molecule has 0 heterocycles. The van der Waals surface area contributed by atoms with E-state index in [4.69, 9.17) is 18.9 Å². The van der Waals surface area contributed by atoms with Gasteiger partial charge in [-0.1, -0.05) is 0 Å². The highest BCUT2D eigenvalue weighted by molar-refractivity contribution is 6.02. The van der Waals surface area contributed by atoms with E-state index in [-0.39, 0.29) is 18.3 Å². The zero-order valence-electron chi connectivity index (χ0n) is 27.5. The first kappa shape index (κ1) is 36.4. The molecule has 0 radical (unpaired) electrons. The molecule has 0 saturated heterocycles. The standard InChI is InChI=1S/C32H45N5O8/c1-30(2,3)43-27(39)33-20-10-11-25(38)34-21-12-16-23(17-13-21)42-24-18-14-22(15-19-24)35-26(36-28(40)44-31(4,5)6)37-29(41)45-32(7,8)9/h12-19H,10-11,20H2,1-9H3,(H,33,39)(H,34,38)(H2,35,36,37,40,41). The second kappa shape index (κ2) is 15.8. The van der Waals surface area contributed by atoms with E-state index in [2.05, 4.69) is 26.3 Å². The SMILES string of the molecule is CC(C)(C)OC(=O)NCCCC(=O)Nc1ccc(Oc2ccc(N=C(NC(=O)OC(C)(C)C)NC(=O)OC(C)(C)C)cc2)cc1. The van der Waals surface area contributed by atoms with Crippen molar-refractivity contribution < 1.29 is 38.1 Å². The van der Waals surface area contributed by atoms with E-state index in [0.29, 0.717) is 35.8 Å². The van der Waals surface area contributed by atoms with Gasteiger partial charge < -0.3 is 29.6 Å². The molecule has 0 atom stereocenters. The molecule has 2 aromatic carbocycles. The maximum absolute atomic E-state index is 12.3. The molecular formula is C32H45N5O8. The van der Waals surface area contributed by atoms with Gasteiger partial charge in [0.05, 0.1) is 5.69 Å². The fourth-order valence-corrected chi connectivity index (χ4v) is 3.32. The molecule has 0 unspecified atom stereocenters. The van der Waals surface area contributed by atoms with Crippen molar-refractivity contribution in [3.63, 3.8) is 0 Å². The number of anilines is 1. The van der Waals surface area contributed by atoms with Gasteiger partial charge in [-0.05, 0) is 117 Å². The maximum Gasteiger partial charge on any atom is 0.414 e. The largest absolute Gasteiger partial charge is 0.457 e. The Bertz CT molecular complexity index is 1300. The lowest BCUT2D eigenvalue weighted by atomic mass is 10.2. The third-order valence-corrected chi connectivity index (χ3v) is 4.94. The number of hydrogen-bond acceptors (Lipinski definition) is 9. The summed E-state index contributed by atoms with van der Waals surface area (Å²) >= 11 is 0. The first-order valence-electron chi connectivity index (χ1n) is 14.5. The number of guanidine groups is 1. The highest BCUT2D eigenvalue weighted by atomic mass is 16.6. The number of nitrogens with zero attached hydrogens (tertiary/aromatic N) is 1. The lowest BCUT2D eigenvalue weighted by Gasteiger charge is -2.22. The molecule has 2 aromatic rings. The summed E-state index contributed by atoms with van der Waals surface area (Å²) in [5, 5.41) is 10.3. The summed E-state index contributed by atoms with van der Waals surface area (Å²) in [6.07, 6.45) is -1.43. The van der Waals surface area contributed by atoms with E-state index in [1.807, 2.05) is 0 Å². The van der Waals surface area contributed by atoms with E-state index >= 15 is 0 Å². The molecule has 0 aliphatic carbocycles. The Morgan fingerprint density at radius 3 is 1.56 bits per heavy atom. The second-order valence-corrected chi connectivity index (χ2v) is 12.9. The Hall–Kier alpha value is -4.81. The average Bonchev–Trinajstić information content (AvgIpc) is 2.85. The minimum atomic E-state index is -0.799. The average molecular weight is 628 g/mol. The van der Waals surface area contributed by atoms with Crippen LogP contribution in [0.4, 0.5) is 25.8 Å². The summed E-state index contributed by atoms with van der Waals surface area (Å²) in [6, 6.07) is 13.4. The Balaban J connectivity index is 1.95. The summed E-state index contributed by atoms with van der Waals surface area (Å²) in [5.74, 6) is 0.672. The molecule has 45 heavy (non-hydrogen) atoms. The van der Waals surface area contributed by atoms with Gasteiger partial charge in [-0.2, -0.15) is 0 Å². The van der Waals surface area contributed by atoms with Crippen LogP contribution < -0.4 is 26.0 Å². The minimum Gasteiger partial charge on any atom is -0.457 e. The highest BCUT2D eigenvalue weighted by Gasteiger charge is 2.21. The summed E-state index contributed by atoms with van der Waals surface area (Å²) in [5.41, 5.74) is -1.09. The van der Waals surface area contributed by atoms with Crippen molar-refractivity contribution in [2.45, 2.75) is 92.0 Å². The van der Waals surface area contributed by atoms with Crippen LogP contribution in [0.2, 0.25) is 0 Å². The summed E-state index contributed by atoms with van der Waals surface area (Å²) < 4.78 is 21.6. The number of aliphatic imine (C=N–C) groups is 1. The van der Waals surface area contributed by atoms with Crippen LogP contribution in [-0.2, 0) is 19.0 Å². The van der Waals surface area contributed by atoms with Crippen molar-refractivity contribution in [1.82, 2.24) is 16.0 Å². The van der Waals surface area contributed by atoms with Crippen LogP contribution in [-0.4, -0.2) is 53.5 Å². The number of amides is 4. The fourth-order valence-electron chi connectivity index (χ4n) is 3.32. The van der Waals surface area contributed by atoms with Crippen LogP contribution in [0, 0.1) is 0 Å². The third-order valence-electron chi connectivity index (χ3n) is 4.94. The van der Waals surface area contributed by atoms with Crippen molar-refractivity contribution in [2.24, 2.45) is 4.99 Å². The predicted molar refractivity (Wildman–Crippen MR) is 171 cm³/mol. The molecule has 0 bridgehead atoms. The number of carbonyl (C=O) groups is 4. The topological polar surface area (TPSA) is 166 Å². The number of carbonyl (C=O) groups excluding carboxylic acids is 4. The van der Waals surface area contributed by atoms with E-state index < -0.39 is 35.1 Å². The Labute approximate surface area is 264 Å². The lowest BCUT2D eigenvalue weighted by Crippen LogP contribution is -2.47. The second-order valence-electron chi connectivity index (χ2n) is 12.9. The van der Waals surface area contributed by atoms with Crippen molar-refractivity contribution in [2.75, 3.05) is 11.9 Å². The quantitative estimate of drug-likeness (QED) is 0.108. The molecule has 0 spiro atoms. The van der Waals surface area contributed by atoms with Crippen molar-refractivity contribution in [3.8, 4) is 11.5 Å². The van der Waals surface area contributed by atoms with Crippen LogP contribution in [0.15, 0.2) is 53.5 Å². The maximum atomic E-state index is 12.3. The first-order valence-corrected chi connectivity index (χ1v) is 14.5. The third kappa shape index (κ3) is 16.6. The molecule has 4 N–H and O–H groups in total. The molecule has 4 amide bonds. The molecule has 13 nitrogen and oxygen atoms in total. The molecule has 0 fully saturated rings. The highest BCUT2D eigenvalue weighted by Crippen LogP contribution is 2.25. The van der Waals surface area contributed by atoms with Crippen molar-refractivity contribution in [1.29, 1.82) is 0 Å². The van der Waals surface area contributed by atoms with Crippen LogP contribution in [0.3, 0.4) is 0 Å². The molecule has 0 aromatic heterocycles. The van der Waals surface area contributed by atoms with Gasteiger partial charge >= 0.3 is 18.3 Å². The molecular weight excluding hydrogens is 582 g/mol. The van der Waals surface area contributed by atoms with Gasteiger partial charge in [0.2, 0.25) is 11.9 Å². The van der Waals surface area contributed by atoms with E-state index in [9.17, 15) is 19.2 Å². The summed E-state index contributed by atoms with van der Waals surface area (Å²) in [4.78, 5) is 52.9. The normalized spacial score (nSPS) is 11.4. The Kier molecular flexibility index (Phi) is 12.8. The molecule has 2 rings (SSSR count). The van der Waals surface area contributed by atoms with Crippen LogP contribution in [0.5, 0.6) is 11.5 Å². The minimum absolute atomic E-state index is 0.177. The van der Waals surface area contributed by atoms with Gasteiger partial charge in [0, 0.05) is 18.7 Å². The summed E-state index contributed by atoms with van der Waals surface area (Å²) in [6.45, 7) is 15.9. The Morgan fingerprint density at radius 2 is 1.09 bits per heavy atom. The first-order chi connectivity index (χ1) is 20.8. The van der Waals surface area contributed by atoms with Crippen LogP contribution >= 0.6 is 0 Å². The fraction of sp³-hybridized carbons (Fsp3) is 0.469. The monoisotopic (exact) mass is 627 g/mol. The number of ether oxygens (including phenoxy) is 4.